The number of hydrogen-bond acceptors (Lipinski definition) is 3. The summed E-state index contributed by atoms with van der Waals surface area (Å²) in [6.07, 6.45) is 2.81. The van der Waals surface area contributed by atoms with E-state index in [2.05, 4.69) is 10.0 Å². The third-order valence-corrected chi connectivity index (χ3v) is 4.78. The zero-order valence-electron chi connectivity index (χ0n) is 13.0. The first-order valence-corrected chi connectivity index (χ1v) is 9.76. The van der Waals surface area contributed by atoms with Crippen molar-refractivity contribution in [2.75, 3.05) is 11.0 Å². The van der Waals surface area contributed by atoms with Crippen molar-refractivity contribution >= 4 is 33.2 Å². The van der Waals surface area contributed by atoms with Gasteiger partial charge in [0.15, 0.2) is 0 Å². The normalized spacial score (nSPS) is 16.5. The summed E-state index contributed by atoms with van der Waals surface area (Å²) in [7, 11) is -3.33. The van der Waals surface area contributed by atoms with Crippen molar-refractivity contribution in [3.05, 3.63) is 64.2 Å². The van der Waals surface area contributed by atoms with Crippen LogP contribution >= 0.6 is 11.6 Å². The number of fused-ring (bicyclic) bond motifs is 1. The zero-order valence-corrected chi connectivity index (χ0v) is 14.6. The van der Waals surface area contributed by atoms with Gasteiger partial charge in [0.25, 0.3) is 5.91 Å². The second kappa shape index (κ2) is 6.45. The van der Waals surface area contributed by atoms with Crippen LogP contribution in [0.3, 0.4) is 0 Å². The predicted octanol–water partition coefficient (Wildman–Crippen LogP) is 3.13. The molecular formula is C17H17ClN2O3S. The Kier molecular flexibility index (Phi) is 4.51. The minimum atomic E-state index is -3.33. The largest absolute Gasteiger partial charge is 0.345 e. The lowest BCUT2D eigenvalue weighted by atomic mass is 10.1. The van der Waals surface area contributed by atoms with Crippen molar-refractivity contribution in [2.24, 2.45) is 0 Å². The van der Waals surface area contributed by atoms with Crippen LogP contribution in [0.2, 0.25) is 5.02 Å². The van der Waals surface area contributed by atoms with E-state index in [1.54, 1.807) is 24.3 Å². The fourth-order valence-electron chi connectivity index (χ4n) is 2.88. The Morgan fingerprint density at radius 1 is 1.17 bits per heavy atom. The number of carbonyl (C=O) groups is 1. The van der Waals surface area contributed by atoms with Crippen LogP contribution in [0.5, 0.6) is 0 Å². The molecule has 5 nitrogen and oxygen atoms in total. The van der Waals surface area contributed by atoms with Gasteiger partial charge in [-0.15, -0.1) is 0 Å². The number of amides is 1. The molecule has 2 aromatic rings. The number of hydrogen-bond donors (Lipinski definition) is 2. The fraction of sp³-hybridized carbons (Fsp3) is 0.235. The topological polar surface area (TPSA) is 75.3 Å². The van der Waals surface area contributed by atoms with E-state index >= 15 is 0 Å². The molecule has 0 spiro atoms. The van der Waals surface area contributed by atoms with Gasteiger partial charge in [0, 0.05) is 16.3 Å². The highest BCUT2D eigenvalue weighted by Gasteiger charge is 2.24. The van der Waals surface area contributed by atoms with E-state index in [4.69, 9.17) is 11.6 Å². The number of carbonyl (C=O) groups excluding carboxylic acids is 1. The second-order valence-electron chi connectivity index (χ2n) is 5.86. The van der Waals surface area contributed by atoms with Gasteiger partial charge in [-0.3, -0.25) is 9.52 Å². The number of aryl methyl sites for hydroxylation is 1. The molecule has 0 bridgehead atoms. The molecule has 0 radical (unpaired) electrons. The monoisotopic (exact) mass is 364 g/mol. The maximum Gasteiger partial charge on any atom is 0.251 e. The summed E-state index contributed by atoms with van der Waals surface area (Å²) in [5, 5.41) is 3.72. The summed E-state index contributed by atoms with van der Waals surface area (Å²) in [4.78, 5) is 12.4. The first-order chi connectivity index (χ1) is 11.3. The predicted molar refractivity (Wildman–Crippen MR) is 94.9 cm³/mol. The van der Waals surface area contributed by atoms with Gasteiger partial charge < -0.3 is 5.32 Å². The lowest BCUT2D eigenvalue weighted by Gasteiger charge is -2.14. The van der Waals surface area contributed by atoms with Crippen LogP contribution in [0.15, 0.2) is 42.5 Å². The molecule has 1 amide bonds. The van der Waals surface area contributed by atoms with E-state index in [-0.39, 0.29) is 11.9 Å². The molecular weight excluding hydrogens is 348 g/mol. The summed E-state index contributed by atoms with van der Waals surface area (Å²) in [6, 6.07) is 12.0. The quantitative estimate of drug-likeness (QED) is 0.875. The SMILES string of the molecule is CS(=O)(=O)Nc1ccc(C(=O)N[C@H]2CCc3cc(Cl)ccc32)cc1. The molecule has 0 saturated heterocycles. The lowest BCUT2D eigenvalue weighted by molar-refractivity contribution is 0.0936. The van der Waals surface area contributed by atoms with Crippen LogP contribution in [-0.2, 0) is 16.4 Å². The maximum atomic E-state index is 12.4. The first kappa shape index (κ1) is 16.8. The van der Waals surface area contributed by atoms with Gasteiger partial charge in [0.1, 0.15) is 0 Å². The van der Waals surface area contributed by atoms with Crippen molar-refractivity contribution in [1.29, 1.82) is 0 Å². The standard InChI is InChI=1S/C17H17ClN2O3S/c1-24(22,23)20-14-6-2-11(3-7-14)17(21)19-16-9-4-12-10-13(18)5-8-15(12)16/h2-3,5-8,10,16,20H,4,9H2,1H3,(H,19,21)/t16-/m0/s1. The summed E-state index contributed by atoms with van der Waals surface area (Å²) >= 11 is 6.00. The minimum Gasteiger partial charge on any atom is -0.345 e. The molecule has 0 unspecified atom stereocenters. The van der Waals surface area contributed by atoms with Gasteiger partial charge in [0.2, 0.25) is 10.0 Å². The summed E-state index contributed by atoms with van der Waals surface area (Å²) < 4.78 is 24.7. The average Bonchev–Trinajstić information content (AvgIpc) is 2.88. The second-order valence-corrected chi connectivity index (χ2v) is 8.04. The van der Waals surface area contributed by atoms with E-state index in [9.17, 15) is 13.2 Å². The number of anilines is 1. The third-order valence-electron chi connectivity index (χ3n) is 3.94. The molecule has 3 rings (SSSR count). The summed E-state index contributed by atoms with van der Waals surface area (Å²) in [5.74, 6) is -0.186. The summed E-state index contributed by atoms with van der Waals surface area (Å²) in [5.41, 5.74) is 3.18. The van der Waals surface area contributed by atoms with Gasteiger partial charge in [-0.2, -0.15) is 0 Å². The Morgan fingerprint density at radius 3 is 2.54 bits per heavy atom. The highest BCUT2D eigenvalue weighted by molar-refractivity contribution is 7.92. The Labute approximate surface area is 146 Å². The van der Waals surface area contributed by atoms with Gasteiger partial charge in [-0.05, 0) is 60.4 Å². The number of benzene rings is 2. The molecule has 0 aromatic heterocycles. The van der Waals surface area contributed by atoms with Gasteiger partial charge in [-0.1, -0.05) is 17.7 Å². The molecule has 0 fully saturated rings. The van der Waals surface area contributed by atoms with Crippen molar-refractivity contribution in [1.82, 2.24) is 5.32 Å². The van der Waals surface area contributed by atoms with E-state index in [1.807, 2.05) is 18.2 Å². The van der Waals surface area contributed by atoms with Gasteiger partial charge in [-0.25, -0.2) is 8.42 Å². The molecule has 0 saturated carbocycles. The van der Waals surface area contributed by atoms with Crippen LogP contribution in [-0.4, -0.2) is 20.6 Å². The van der Waals surface area contributed by atoms with Crippen LogP contribution in [0.4, 0.5) is 5.69 Å². The number of rotatable bonds is 4. The first-order valence-electron chi connectivity index (χ1n) is 7.49. The number of halogens is 1. The summed E-state index contributed by atoms with van der Waals surface area (Å²) in [6.45, 7) is 0. The molecule has 2 aromatic carbocycles. The van der Waals surface area contributed by atoms with Crippen molar-refractivity contribution in [2.45, 2.75) is 18.9 Å². The van der Waals surface area contributed by atoms with Crippen molar-refractivity contribution in [3.8, 4) is 0 Å². The van der Waals surface area contributed by atoms with E-state index in [1.165, 1.54) is 5.56 Å². The zero-order chi connectivity index (χ0) is 17.3. The molecule has 1 aliphatic carbocycles. The lowest BCUT2D eigenvalue weighted by Crippen LogP contribution is -2.27. The molecule has 7 heteroatoms. The van der Waals surface area contributed by atoms with Gasteiger partial charge >= 0.3 is 0 Å². The molecule has 126 valence electrons. The van der Waals surface area contributed by atoms with Crippen LogP contribution in [0.1, 0.15) is 33.9 Å². The Bertz CT molecular complexity index is 879. The fourth-order valence-corrected chi connectivity index (χ4v) is 3.64. The molecule has 0 heterocycles. The molecule has 0 aliphatic heterocycles. The number of sulfonamides is 1. The molecule has 24 heavy (non-hydrogen) atoms. The third kappa shape index (κ3) is 3.88. The van der Waals surface area contributed by atoms with Crippen molar-refractivity contribution < 1.29 is 13.2 Å². The average molecular weight is 365 g/mol. The van der Waals surface area contributed by atoms with E-state index in [0.29, 0.717) is 16.3 Å². The Hall–Kier alpha value is -2.05. The van der Waals surface area contributed by atoms with E-state index < -0.39 is 10.0 Å². The van der Waals surface area contributed by atoms with Gasteiger partial charge in [0.05, 0.1) is 12.3 Å². The van der Waals surface area contributed by atoms with Crippen LogP contribution in [0.25, 0.3) is 0 Å². The molecule has 1 aliphatic rings. The maximum absolute atomic E-state index is 12.4. The molecule has 1 atom stereocenters. The van der Waals surface area contributed by atoms with Crippen molar-refractivity contribution in [3.63, 3.8) is 0 Å². The van der Waals surface area contributed by atoms with E-state index in [0.717, 1.165) is 24.7 Å². The highest BCUT2D eigenvalue weighted by atomic mass is 35.5. The minimum absolute atomic E-state index is 0.0291. The molecule has 2 N–H and O–H groups in total. The highest BCUT2D eigenvalue weighted by Crippen LogP contribution is 2.33. The van der Waals surface area contributed by atoms with Crippen LogP contribution in [0, 0.1) is 0 Å². The Morgan fingerprint density at radius 2 is 1.88 bits per heavy atom. The van der Waals surface area contributed by atoms with Crippen LogP contribution < -0.4 is 10.0 Å². The Balaban J connectivity index is 1.70. The number of nitrogens with one attached hydrogen (secondary N) is 2. The smallest absolute Gasteiger partial charge is 0.251 e.